The summed E-state index contributed by atoms with van der Waals surface area (Å²) < 4.78 is 5.96. The molecule has 5 heteroatoms. The summed E-state index contributed by atoms with van der Waals surface area (Å²) in [6.45, 7) is 7.31. The van der Waals surface area contributed by atoms with Crippen molar-refractivity contribution in [2.75, 3.05) is 26.7 Å². The average molecular weight is 330 g/mol. The predicted molar refractivity (Wildman–Crippen MR) is 98.8 cm³/mol. The van der Waals surface area contributed by atoms with E-state index in [1.807, 2.05) is 19.2 Å². The quantitative estimate of drug-likeness (QED) is 0.593. The SMILES string of the molecule is CN=C(NCCN(C(C)C)C1CC1)NCC1Cc2ccccc2O1. The molecular formula is C19H30N4O. The molecule has 0 radical (unpaired) electrons. The number of ether oxygens (including phenoxy) is 1. The average Bonchev–Trinajstić information content (AvgIpc) is 3.32. The van der Waals surface area contributed by atoms with Crippen LogP contribution in [0.5, 0.6) is 5.75 Å². The fraction of sp³-hybridized carbons (Fsp3) is 0.632. The van der Waals surface area contributed by atoms with E-state index >= 15 is 0 Å². The first-order valence-corrected chi connectivity index (χ1v) is 9.12. The van der Waals surface area contributed by atoms with Gasteiger partial charge in [-0.1, -0.05) is 18.2 Å². The lowest BCUT2D eigenvalue weighted by atomic mass is 10.1. The molecule has 2 aliphatic rings. The van der Waals surface area contributed by atoms with Gasteiger partial charge in [-0.25, -0.2) is 0 Å². The van der Waals surface area contributed by atoms with E-state index in [4.69, 9.17) is 4.74 Å². The monoisotopic (exact) mass is 330 g/mol. The van der Waals surface area contributed by atoms with Crippen LogP contribution in [-0.4, -0.2) is 55.7 Å². The Morgan fingerprint density at radius 2 is 2.08 bits per heavy atom. The number of hydrogen-bond acceptors (Lipinski definition) is 3. The molecule has 1 saturated carbocycles. The lowest BCUT2D eigenvalue weighted by Crippen LogP contribution is -2.46. The van der Waals surface area contributed by atoms with Crippen molar-refractivity contribution >= 4 is 5.96 Å². The number of guanidine groups is 1. The van der Waals surface area contributed by atoms with Crippen LogP contribution in [0.3, 0.4) is 0 Å². The van der Waals surface area contributed by atoms with E-state index in [9.17, 15) is 0 Å². The van der Waals surface area contributed by atoms with Gasteiger partial charge in [0.25, 0.3) is 0 Å². The second-order valence-electron chi connectivity index (χ2n) is 6.99. The molecule has 1 fully saturated rings. The van der Waals surface area contributed by atoms with E-state index in [-0.39, 0.29) is 6.10 Å². The van der Waals surface area contributed by atoms with Gasteiger partial charge in [0.05, 0.1) is 6.54 Å². The maximum absolute atomic E-state index is 5.96. The van der Waals surface area contributed by atoms with Crippen molar-refractivity contribution in [1.82, 2.24) is 15.5 Å². The predicted octanol–water partition coefficient (Wildman–Crippen LogP) is 2.03. The largest absolute Gasteiger partial charge is 0.488 e. The van der Waals surface area contributed by atoms with Crippen molar-refractivity contribution in [3.05, 3.63) is 29.8 Å². The van der Waals surface area contributed by atoms with Crippen LogP contribution in [0.4, 0.5) is 0 Å². The van der Waals surface area contributed by atoms with Gasteiger partial charge in [-0.2, -0.15) is 0 Å². The summed E-state index contributed by atoms with van der Waals surface area (Å²) in [7, 11) is 1.82. The fourth-order valence-electron chi connectivity index (χ4n) is 3.37. The minimum Gasteiger partial charge on any atom is -0.488 e. The molecule has 132 valence electrons. The van der Waals surface area contributed by atoms with Crippen LogP contribution in [0.15, 0.2) is 29.3 Å². The minimum absolute atomic E-state index is 0.180. The van der Waals surface area contributed by atoms with Crippen molar-refractivity contribution in [2.24, 2.45) is 4.99 Å². The van der Waals surface area contributed by atoms with Gasteiger partial charge in [-0.3, -0.25) is 9.89 Å². The molecule has 0 saturated heterocycles. The first-order valence-electron chi connectivity index (χ1n) is 9.12. The minimum atomic E-state index is 0.180. The Labute approximate surface area is 145 Å². The van der Waals surface area contributed by atoms with Crippen molar-refractivity contribution in [3.63, 3.8) is 0 Å². The number of hydrogen-bond donors (Lipinski definition) is 2. The van der Waals surface area contributed by atoms with Gasteiger partial charge in [0.1, 0.15) is 11.9 Å². The number of rotatable bonds is 7. The van der Waals surface area contributed by atoms with Gasteiger partial charge in [-0.05, 0) is 38.3 Å². The summed E-state index contributed by atoms with van der Waals surface area (Å²) in [5.74, 6) is 1.87. The summed E-state index contributed by atoms with van der Waals surface area (Å²) in [5.41, 5.74) is 1.30. The third-order valence-electron chi connectivity index (χ3n) is 4.78. The molecule has 2 N–H and O–H groups in total. The summed E-state index contributed by atoms with van der Waals surface area (Å²) in [4.78, 5) is 6.90. The smallest absolute Gasteiger partial charge is 0.191 e. The zero-order chi connectivity index (χ0) is 16.9. The van der Waals surface area contributed by atoms with Crippen LogP contribution in [-0.2, 0) is 6.42 Å². The zero-order valence-corrected chi connectivity index (χ0v) is 15.1. The highest BCUT2D eigenvalue weighted by Crippen LogP contribution is 2.28. The molecule has 24 heavy (non-hydrogen) atoms. The zero-order valence-electron chi connectivity index (χ0n) is 15.1. The molecule has 1 heterocycles. The van der Waals surface area contributed by atoms with E-state index < -0.39 is 0 Å². The van der Waals surface area contributed by atoms with Crippen molar-refractivity contribution in [2.45, 2.75) is 51.3 Å². The normalized spacial score (nSPS) is 20.2. The molecule has 1 unspecified atom stereocenters. The third kappa shape index (κ3) is 4.41. The highest BCUT2D eigenvalue weighted by molar-refractivity contribution is 5.79. The molecule has 0 spiro atoms. The summed E-state index contributed by atoms with van der Waals surface area (Å²) in [5, 5.41) is 6.81. The van der Waals surface area contributed by atoms with Crippen LogP contribution in [0.1, 0.15) is 32.3 Å². The van der Waals surface area contributed by atoms with Crippen LogP contribution >= 0.6 is 0 Å². The van der Waals surface area contributed by atoms with Crippen LogP contribution in [0.25, 0.3) is 0 Å². The van der Waals surface area contributed by atoms with Gasteiger partial charge < -0.3 is 15.4 Å². The maximum Gasteiger partial charge on any atom is 0.191 e. The fourth-order valence-corrected chi connectivity index (χ4v) is 3.37. The molecule has 1 aromatic rings. The number of aliphatic imine (C=N–C) groups is 1. The third-order valence-corrected chi connectivity index (χ3v) is 4.78. The highest BCUT2D eigenvalue weighted by Gasteiger charge is 2.30. The molecule has 0 aromatic heterocycles. The molecule has 1 aliphatic carbocycles. The van der Waals surface area contributed by atoms with Gasteiger partial charge in [0.2, 0.25) is 0 Å². The summed E-state index contributed by atoms with van der Waals surface area (Å²) in [6.07, 6.45) is 3.85. The number of fused-ring (bicyclic) bond motifs is 1. The van der Waals surface area contributed by atoms with Crippen molar-refractivity contribution < 1.29 is 4.74 Å². The molecular weight excluding hydrogens is 300 g/mol. The Bertz CT molecular complexity index is 541. The van der Waals surface area contributed by atoms with E-state index in [1.165, 1.54) is 18.4 Å². The number of benzene rings is 1. The molecule has 0 bridgehead atoms. The van der Waals surface area contributed by atoms with Gasteiger partial charge in [0, 0.05) is 38.6 Å². The van der Waals surface area contributed by atoms with Crippen LogP contribution < -0.4 is 15.4 Å². The number of nitrogens with zero attached hydrogens (tertiary/aromatic N) is 2. The van der Waals surface area contributed by atoms with E-state index in [0.29, 0.717) is 6.04 Å². The summed E-state index contributed by atoms with van der Waals surface area (Å²) >= 11 is 0. The topological polar surface area (TPSA) is 48.9 Å². The van der Waals surface area contributed by atoms with Crippen molar-refractivity contribution in [1.29, 1.82) is 0 Å². The van der Waals surface area contributed by atoms with E-state index in [1.54, 1.807) is 0 Å². The van der Waals surface area contributed by atoms with E-state index in [2.05, 4.69) is 46.5 Å². The Hall–Kier alpha value is -1.75. The molecule has 1 aliphatic heterocycles. The second-order valence-corrected chi connectivity index (χ2v) is 6.99. The maximum atomic E-state index is 5.96. The molecule has 0 amide bonds. The Balaban J connectivity index is 1.38. The first-order chi connectivity index (χ1) is 11.7. The van der Waals surface area contributed by atoms with Gasteiger partial charge >= 0.3 is 0 Å². The standard InChI is InChI=1S/C19H30N4O/c1-14(2)23(16-8-9-16)11-10-21-19(20-3)22-13-17-12-15-6-4-5-7-18(15)24-17/h4-7,14,16-17H,8-13H2,1-3H3,(H2,20,21,22). The lowest BCUT2D eigenvalue weighted by molar-refractivity contribution is 0.214. The van der Waals surface area contributed by atoms with Gasteiger partial charge in [0.15, 0.2) is 5.96 Å². The lowest BCUT2D eigenvalue weighted by Gasteiger charge is -2.26. The summed E-state index contributed by atoms with van der Waals surface area (Å²) in [6, 6.07) is 9.68. The molecule has 1 aromatic carbocycles. The molecule has 3 rings (SSSR count). The van der Waals surface area contributed by atoms with Gasteiger partial charge in [-0.15, -0.1) is 0 Å². The number of para-hydroxylation sites is 1. The Kier molecular flexibility index (Phi) is 5.61. The Morgan fingerprint density at radius 3 is 2.75 bits per heavy atom. The second kappa shape index (κ2) is 7.88. The first kappa shape index (κ1) is 17.1. The van der Waals surface area contributed by atoms with Crippen molar-refractivity contribution in [3.8, 4) is 5.75 Å². The molecule has 5 nitrogen and oxygen atoms in total. The van der Waals surface area contributed by atoms with Crippen LogP contribution in [0.2, 0.25) is 0 Å². The van der Waals surface area contributed by atoms with E-state index in [0.717, 1.165) is 43.8 Å². The highest BCUT2D eigenvalue weighted by atomic mass is 16.5. The van der Waals surface area contributed by atoms with Crippen LogP contribution in [0, 0.1) is 0 Å². The molecule has 1 atom stereocenters. The number of nitrogens with one attached hydrogen (secondary N) is 2. The Morgan fingerprint density at radius 1 is 1.29 bits per heavy atom.